The van der Waals surface area contributed by atoms with Gasteiger partial charge in [0.05, 0.1) is 0 Å². The number of hydrogen-bond donors (Lipinski definition) is 0. The third-order valence-corrected chi connectivity index (χ3v) is 0. The molecule has 0 amide bonds. The van der Waals surface area contributed by atoms with Crippen molar-refractivity contribution in [2.45, 2.75) is 0 Å². The monoisotopic (exact) mass is 154 g/mol. The Labute approximate surface area is 80.9 Å². The van der Waals surface area contributed by atoms with Gasteiger partial charge in [0.15, 0.2) is 0 Å². The van der Waals surface area contributed by atoms with E-state index in [-0.39, 0.29) is 65.4 Å². The van der Waals surface area contributed by atoms with Crippen LogP contribution >= 0.6 is 0 Å². The van der Waals surface area contributed by atoms with Crippen LogP contribution in [0.15, 0.2) is 0 Å². The van der Waals surface area contributed by atoms with Crippen LogP contribution in [0.2, 0.25) is 0 Å². The molecule has 0 aromatic heterocycles. The molecule has 5 heteroatoms. The fourth-order valence-corrected chi connectivity index (χ4v) is 0. The first-order chi connectivity index (χ1) is 1.41. The summed E-state index contributed by atoms with van der Waals surface area (Å²) in [5, 5.41) is 8.25. The van der Waals surface area contributed by atoms with E-state index >= 15 is 0 Å². The van der Waals surface area contributed by atoms with Gasteiger partial charge in [-0.3, -0.25) is 0 Å². The van der Waals surface area contributed by atoms with Gasteiger partial charge in [-0.1, -0.05) is 0 Å². The van der Waals surface area contributed by atoms with Crippen molar-refractivity contribution < 1.29 is 75.3 Å². The Morgan fingerprint density at radius 1 is 1.50 bits per heavy atom. The molecule has 0 N–H and O–H groups in total. The van der Waals surface area contributed by atoms with E-state index in [1.165, 1.54) is 0 Å². The Bertz CT molecular complexity index is 21.0. The summed E-state index contributed by atoms with van der Waals surface area (Å²) >= 11 is 0. The molecular formula is CHBrLiNaO2. The molecular weight excluding hydrogens is 154 g/mol. The number of halogens is 1. The zero-order valence-corrected chi connectivity index (χ0v) is 7.36. The van der Waals surface area contributed by atoms with Crippen molar-refractivity contribution in [2.75, 3.05) is 0 Å². The Morgan fingerprint density at radius 3 is 1.50 bits per heavy atom. The van der Waals surface area contributed by atoms with Gasteiger partial charge in [-0.2, -0.15) is 0 Å². The predicted octanol–water partition coefficient (Wildman–Crippen LogP) is -10.6. The molecule has 0 radical (unpaired) electrons. The number of carbonyl (C=O) groups excluding carboxylic acids is 1. The van der Waals surface area contributed by atoms with Crippen LogP contribution < -0.4 is 70.5 Å². The van der Waals surface area contributed by atoms with Crippen LogP contribution in [0.3, 0.4) is 0 Å². The van der Waals surface area contributed by atoms with Gasteiger partial charge in [0.1, 0.15) is 0 Å². The average Bonchev–Trinajstić information content (AvgIpc) is 0.918. The standard InChI is InChI=1S/CH2O2.BrH.Li.Na/c2-1-3;;;/h1H,(H,2,3);1H;;/q;;2*+1/p-2. The molecule has 0 aromatic rings. The Kier molecular flexibility index (Phi) is 133. The van der Waals surface area contributed by atoms with Gasteiger partial charge >= 0.3 is 48.4 Å². The maximum absolute atomic E-state index is 8.25. The minimum absolute atomic E-state index is 0. The zero-order chi connectivity index (χ0) is 2.71. The quantitative estimate of drug-likeness (QED) is 0.257. The van der Waals surface area contributed by atoms with E-state index in [1.54, 1.807) is 0 Å². The van der Waals surface area contributed by atoms with Gasteiger partial charge in [-0.15, -0.1) is 0 Å². The molecule has 0 spiro atoms. The SMILES string of the molecule is O=C[O-].[Br-].[Li+].[Na+]. The number of carboxylic acid groups (broad SMARTS) is 1. The smallest absolute Gasteiger partial charge is 1.00 e. The van der Waals surface area contributed by atoms with Gasteiger partial charge < -0.3 is 26.9 Å². The number of hydrogen-bond acceptors (Lipinski definition) is 2. The van der Waals surface area contributed by atoms with Crippen molar-refractivity contribution in [2.24, 2.45) is 0 Å². The van der Waals surface area contributed by atoms with Crippen molar-refractivity contribution in [3.8, 4) is 0 Å². The minimum atomic E-state index is -0.500. The van der Waals surface area contributed by atoms with Crippen molar-refractivity contribution in [3.63, 3.8) is 0 Å². The van der Waals surface area contributed by atoms with E-state index in [0.717, 1.165) is 0 Å². The van der Waals surface area contributed by atoms with Crippen LogP contribution in [0.25, 0.3) is 0 Å². The first-order valence-electron chi connectivity index (χ1n) is 0.471. The summed E-state index contributed by atoms with van der Waals surface area (Å²) in [7, 11) is 0. The fraction of sp³-hybridized carbons (Fsp3) is 0. The molecule has 0 atom stereocenters. The molecule has 0 aliphatic carbocycles. The molecule has 0 aliphatic heterocycles. The second-order valence-corrected chi connectivity index (χ2v) is 0.0962. The van der Waals surface area contributed by atoms with E-state index in [0.29, 0.717) is 0 Å². The van der Waals surface area contributed by atoms with E-state index in [2.05, 4.69) is 0 Å². The molecule has 0 unspecified atom stereocenters. The first-order valence-corrected chi connectivity index (χ1v) is 0.471. The van der Waals surface area contributed by atoms with E-state index < -0.39 is 6.47 Å². The summed E-state index contributed by atoms with van der Waals surface area (Å²) in [6.45, 7) is -0.500. The predicted molar refractivity (Wildman–Crippen MR) is 6.06 cm³/mol. The summed E-state index contributed by atoms with van der Waals surface area (Å²) in [5.74, 6) is 0. The second-order valence-electron chi connectivity index (χ2n) is 0.0962. The van der Waals surface area contributed by atoms with Crippen molar-refractivity contribution in [1.29, 1.82) is 0 Å². The maximum atomic E-state index is 8.25. The van der Waals surface area contributed by atoms with Gasteiger partial charge in [-0.05, 0) is 0 Å². The average molecular weight is 155 g/mol. The van der Waals surface area contributed by atoms with E-state index in [1.807, 2.05) is 0 Å². The van der Waals surface area contributed by atoms with Crippen LogP contribution in [0.4, 0.5) is 0 Å². The third-order valence-electron chi connectivity index (χ3n) is 0. The van der Waals surface area contributed by atoms with Gasteiger partial charge in [0, 0.05) is 6.47 Å². The van der Waals surface area contributed by atoms with Crippen molar-refractivity contribution >= 4 is 6.47 Å². The zero-order valence-electron chi connectivity index (χ0n) is 3.77. The van der Waals surface area contributed by atoms with E-state index in [4.69, 9.17) is 9.90 Å². The van der Waals surface area contributed by atoms with Gasteiger partial charge in [0.25, 0.3) is 0 Å². The molecule has 0 saturated carbocycles. The topological polar surface area (TPSA) is 40.1 Å². The normalized spacial score (nSPS) is 2.00. The molecule has 0 aliphatic rings. The van der Waals surface area contributed by atoms with Crippen LogP contribution in [-0.4, -0.2) is 6.47 Å². The number of carbonyl (C=O) groups is 1. The van der Waals surface area contributed by atoms with Crippen LogP contribution in [-0.2, 0) is 4.79 Å². The van der Waals surface area contributed by atoms with Crippen molar-refractivity contribution in [1.82, 2.24) is 0 Å². The van der Waals surface area contributed by atoms with Crippen LogP contribution in [0.5, 0.6) is 0 Å². The summed E-state index contributed by atoms with van der Waals surface area (Å²) in [5.41, 5.74) is 0. The molecule has 6 heavy (non-hydrogen) atoms. The molecule has 0 bridgehead atoms. The van der Waals surface area contributed by atoms with Crippen LogP contribution in [0, 0.1) is 0 Å². The van der Waals surface area contributed by atoms with Crippen molar-refractivity contribution in [3.05, 3.63) is 0 Å². The number of rotatable bonds is 0. The Hall–Kier alpha value is 1.55. The minimum Gasteiger partial charge on any atom is -1.00 e. The molecule has 0 aromatic carbocycles. The summed E-state index contributed by atoms with van der Waals surface area (Å²) in [4.78, 5) is 8.25. The Morgan fingerprint density at radius 2 is 1.50 bits per heavy atom. The third kappa shape index (κ3) is 47.9. The summed E-state index contributed by atoms with van der Waals surface area (Å²) < 4.78 is 0. The van der Waals surface area contributed by atoms with E-state index in [9.17, 15) is 0 Å². The Balaban J connectivity index is -0.00000000667. The molecule has 0 saturated heterocycles. The fourth-order valence-electron chi connectivity index (χ4n) is 0. The molecule has 2 nitrogen and oxygen atoms in total. The second kappa shape index (κ2) is 31.0. The van der Waals surface area contributed by atoms with Crippen LogP contribution in [0.1, 0.15) is 0 Å². The molecule has 0 fully saturated rings. The molecule has 26 valence electrons. The van der Waals surface area contributed by atoms with Gasteiger partial charge in [0.2, 0.25) is 0 Å². The summed E-state index contributed by atoms with van der Waals surface area (Å²) in [6, 6.07) is 0. The van der Waals surface area contributed by atoms with Gasteiger partial charge in [-0.25, -0.2) is 0 Å². The first kappa shape index (κ1) is 25.7. The molecule has 0 heterocycles. The molecule has 0 rings (SSSR count). The maximum Gasteiger partial charge on any atom is 1.00 e. The largest absolute Gasteiger partial charge is 1.00 e. The summed E-state index contributed by atoms with van der Waals surface area (Å²) in [6.07, 6.45) is 0.